The topological polar surface area (TPSA) is 56.2 Å². The van der Waals surface area contributed by atoms with Crippen molar-refractivity contribution < 1.29 is 9.21 Å². The van der Waals surface area contributed by atoms with E-state index in [9.17, 15) is 4.79 Å². The highest BCUT2D eigenvalue weighted by molar-refractivity contribution is 5.70. The maximum atomic E-state index is 10.0. The molecule has 0 aromatic carbocycles. The van der Waals surface area contributed by atoms with Gasteiger partial charge in [0.25, 0.3) is 0 Å². The van der Waals surface area contributed by atoms with E-state index in [4.69, 9.17) is 10.2 Å². The summed E-state index contributed by atoms with van der Waals surface area (Å²) in [5.41, 5.74) is 6.09. The molecule has 48 valence electrons. The minimum absolute atomic E-state index is 0.329. The van der Waals surface area contributed by atoms with Crippen molar-refractivity contribution in [2.45, 2.75) is 6.54 Å². The molecule has 1 aromatic heterocycles. The molecule has 0 radical (unpaired) electrons. The van der Waals surface area contributed by atoms with E-state index < -0.39 is 0 Å². The molecule has 0 fully saturated rings. The van der Waals surface area contributed by atoms with E-state index in [1.165, 1.54) is 6.26 Å². The van der Waals surface area contributed by atoms with Gasteiger partial charge in [0.2, 0.25) is 0 Å². The van der Waals surface area contributed by atoms with Gasteiger partial charge in [0, 0.05) is 12.1 Å². The Morgan fingerprint density at radius 3 is 2.89 bits per heavy atom. The number of hydrogen-bond acceptors (Lipinski definition) is 3. The van der Waals surface area contributed by atoms with E-state index in [1.54, 1.807) is 6.07 Å². The normalized spacial score (nSPS) is 9.44. The Balaban J connectivity index is 2.86. The summed E-state index contributed by atoms with van der Waals surface area (Å²) in [6.07, 6.45) is 2.13. The molecule has 0 atom stereocenters. The summed E-state index contributed by atoms with van der Waals surface area (Å²) < 4.78 is 4.76. The second kappa shape index (κ2) is 2.46. The van der Waals surface area contributed by atoms with Crippen LogP contribution in [-0.2, 0) is 6.54 Å². The van der Waals surface area contributed by atoms with Crippen LogP contribution in [0.15, 0.2) is 16.7 Å². The molecule has 0 saturated carbocycles. The van der Waals surface area contributed by atoms with Crippen LogP contribution in [0.5, 0.6) is 0 Å². The van der Waals surface area contributed by atoms with Gasteiger partial charge in [-0.3, -0.25) is 4.79 Å². The van der Waals surface area contributed by atoms with E-state index >= 15 is 0 Å². The summed E-state index contributed by atoms with van der Waals surface area (Å²) in [6, 6.07) is 1.62. The van der Waals surface area contributed by atoms with Crippen molar-refractivity contribution in [3.05, 3.63) is 23.7 Å². The summed E-state index contributed by atoms with van der Waals surface area (Å²) in [6.45, 7) is 0.414. The first kappa shape index (κ1) is 6.04. The van der Waals surface area contributed by atoms with E-state index in [0.717, 1.165) is 5.56 Å². The molecule has 3 heteroatoms. The lowest BCUT2D eigenvalue weighted by Gasteiger charge is -1.78. The lowest BCUT2D eigenvalue weighted by molar-refractivity contribution is 0.110. The fraction of sp³-hybridized carbons (Fsp3) is 0.167. The molecule has 0 aliphatic rings. The SMILES string of the molecule is NCc1coc(C=O)c1. The van der Waals surface area contributed by atoms with Crippen LogP contribution in [0, 0.1) is 0 Å². The van der Waals surface area contributed by atoms with Gasteiger partial charge in [-0.1, -0.05) is 0 Å². The summed E-state index contributed by atoms with van der Waals surface area (Å²) >= 11 is 0. The number of nitrogens with two attached hydrogens (primary N) is 1. The second-order valence-corrected chi connectivity index (χ2v) is 1.68. The summed E-state index contributed by atoms with van der Waals surface area (Å²) in [7, 11) is 0. The van der Waals surface area contributed by atoms with Gasteiger partial charge in [0.15, 0.2) is 12.0 Å². The Hall–Kier alpha value is -1.09. The van der Waals surface area contributed by atoms with Crippen LogP contribution in [0.3, 0.4) is 0 Å². The molecule has 1 heterocycles. The molecular weight excluding hydrogens is 118 g/mol. The van der Waals surface area contributed by atoms with Gasteiger partial charge in [0.05, 0.1) is 6.26 Å². The zero-order valence-electron chi connectivity index (χ0n) is 4.83. The van der Waals surface area contributed by atoms with Crippen LogP contribution in [0.25, 0.3) is 0 Å². The Morgan fingerprint density at radius 2 is 2.56 bits per heavy atom. The van der Waals surface area contributed by atoms with Crippen molar-refractivity contribution in [2.24, 2.45) is 5.73 Å². The third kappa shape index (κ3) is 1.17. The van der Waals surface area contributed by atoms with Gasteiger partial charge in [-0.25, -0.2) is 0 Å². The van der Waals surface area contributed by atoms with Crippen LogP contribution in [0.1, 0.15) is 16.1 Å². The number of furan rings is 1. The van der Waals surface area contributed by atoms with Gasteiger partial charge >= 0.3 is 0 Å². The van der Waals surface area contributed by atoms with Crippen molar-refractivity contribution in [3.8, 4) is 0 Å². The van der Waals surface area contributed by atoms with Crippen LogP contribution >= 0.6 is 0 Å². The molecule has 1 aromatic rings. The quantitative estimate of drug-likeness (QED) is 0.587. The Bertz CT molecular complexity index is 205. The summed E-state index contributed by atoms with van der Waals surface area (Å²) in [5.74, 6) is 0.329. The molecule has 0 spiro atoms. The number of hydrogen-bond donors (Lipinski definition) is 1. The van der Waals surface area contributed by atoms with E-state index in [-0.39, 0.29) is 0 Å². The predicted octanol–water partition coefficient (Wildman–Crippen LogP) is 0.551. The van der Waals surface area contributed by atoms with Gasteiger partial charge in [-0.15, -0.1) is 0 Å². The Morgan fingerprint density at radius 1 is 1.78 bits per heavy atom. The lowest BCUT2D eigenvalue weighted by Crippen LogP contribution is -1.92. The first-order valence-electron chi connectivity index (χ1n) is 2.59. The molecule has 0 unspecified atom stereocenters. The van der Waals surface area contributed by atoms with Crippen LogP contribution in [-0.4, -0.2) is 6.29 Å². The fourth-order valence-electron chi connectivity index (χ4n) is 0.563. The van der Waals surface area contributed by atoms with E-state index in [0.29, 0.717) is 18.6 Å². The molecule has 2 N–H and O–H groups in total. The Labute approximate surface area is 52.5 Å². The smallest absolute Gasteiger partial charge is 0.185 e. The largest absolute Gasteiger partial charge is 0.461 e. The number of aldehydes is 1. The van der Waals surface area contributed by atoms with Crippen molar-refractivity contribution >= 4 is 6.29 Å². The zero-order chi connectivity index (χ0) is 6.69. The number of rotatable bonds is 2. The molecule has 0 amide bonds. The van der Waals surface area contributed by atoms with Crippen molar-refractivity contribution in [1.29, 1.82) is 0 Å². The highest BCUT2D eigenvalue weighted by atomic mass is 16.3. The Kier molecular flexibility index (Phi) is 1.65. The predicted molar refractivity (Wildman–Crippen MR) is 32.0 cm³/mol. The van der Waals surface area contributed by atoms with Gasteiger partial charge in [0.1, 0.15) is 0 Å². The molecule has 0 aliphatic carbocycles. The standard InChI is InChI=1S/C6H7NO2/c7-2-5-1-6(3-8)9-4-5/h1,3-4H,2,7H2. The lowest BCUT2D eigenvalue weighted by atomic mass is 10.3. The molecule has 1 rings (SSSR count). The average molecular weight is 125 g/mol. The van der Waals surface area contributed by atoms with Crippen LogP contribution < -0.4 is 5.73 Å². The summed E-state index contributed by atoms with van der Waals surface area (Å²) in [4.78, 5) is 10.0. The maximum Gasteiger partial charge on any atom is 0.185 e. The first-order valence-corrected chi connectivity index (χ1v) is 2.59. The molecule has 9 heavy (non-hydrogen) atoms. The highest BCUT2D eigenvalue weighted by Gasteiger charge is 1.95. The van der Waals surface area contributed by atoms with Crippen LogP contribution in [0.4, 0.5) is 0 Å². The molecule has 3 nitrogen and oxygen atoms in total. The summed E-state index contributed by atoms with van der Waals surface area (Å²) in [5, 5.41) is 0. The number of carbonyl (C=O) groups excluding carboxylic acids is 1. The van der Waals surface area contributed by atoms with E-state index in [2.05, 4.69) is 0 Å². The molecule has 0 saturated heterocycles. The van der Waals surface area contributed by atoms with Crippen molar-refractivity contribution in [2.75, 3.05) is 0 Å². The third-order valence-corrected chi connectivity index (χ3v) is 1.03. The third-order valence-electron chi connectivity index (χ3n) is 1.03. The second-order valence-electron chi connectivity index (χ2n) is 1.68. The minimum atomic E-state index is 0.329. The maximum absolute atomic E-state index is 10.0. The average Bonchev–Trinajstić information content (AvgIpc) is 2.34. The molecule has 0 bridgehead atoms. The van der Waals surface area contributed by atoms with Crippen molar-refractivity contribution in [3.63, 3.8) is 0 Å². The highest BCUT2D eigenvalue weighted by Crippen LogP contribution is 2.03. The first-order chi connectivity index (χ1) is 4.36. The zero-order valence-corrected chi connectivity index (χ0v) is 4.83. The fourth-order valence-corrected chi connectivity index (χ4v) is 0.563. The van der Waals surface area contributed by atoms with Gasteiger partial charge in [-0.2, -0.15) is 0 Å². The van der Waals surface area contributed by atoms with E-state index in [1.807, 2.05) is 0 Å². The monoisotopic (exact) mass is 125 g/mol. The van der Waals surface area contributed by atoms with Gasteiger partial charge < -0.3 is 10.2 Å². The minimum Gasteiger partial charge on any atom is -0.461 e. The van der Waals surface area contributed by atoms with Gasteiger partial charge in [-0.05, 0) is 6.07 Å². The molecule has 0 aliphatic heterocycles. The van der Waals surface area contributed by atoms with Crippen LogP contribution in [0.2, 0.25) is 0 Å². The number of carbonyl (C=O) groups is 1. The molecular formula is C6H7NO2. The van der Waals surface area contributed by atoms with Crippen molar-refractivity contribution in [1.82, 2.24) is 0 Å².